The van der Waals surface area contributed by atoms with Gasteiger partial charge >= 0.3 is 0 Å². The molecule has 2 aromatic rings. The van der Waals surface area contributed by atoms with E-state index in [0.717, 1.165) is 35.5 Å². The molecule has 0 heterocycles. The molecule has 0 saturated heterocycles. The Balaban J connectivity index is 2.22. The number of hydrogen-bond acceptors (Lipinski definition) is 1. The molecule has 1 unspecified atom stereocenters. The Labute approximate surface area is 135 Å². The number of halogens is 3. The van der Waals surface area contributed by atoms with Gasteiger partial charge in [-0.15, -0.1) is 0 Å². The van der Waals surface area contributed by atoms with Gasteiger partial charge in [-0.3, -0.25) is 0 Å². The Morgan fingerprint density at radius 2 is 1.81 bits per heavy atom. The molecule has 0 fully saturated rings. The van der Waals surface area contributed by atoms with Crippen LogP contribution in [0.3, 0.4) is 0 Å². The van der Waals surface area contributed by atoms with Crippen molar-refractivity contribution < 1.29 is 4.39 Å². The summed E-state index contributed by atoms with van der Waals surface area (Å²) in [6, 6.07) is 12.4. The zero-order valence-corrected chi connectivity index (χ0v) is 13.4. The van der Waals surface area contributed by atoms with Gasteiger partial charge in [-0.1, -0.05) is 48.3 Å². The molecule has 1 N–H and O–H groups in total. The minimum atomic E-state index is -0.315. The van der Waals surface area contributed by atoms with Crippen molar-refractivity contribution in [1.82, 2.24) is 5.32 Å². The first kappa shape index (κ1) is 16.3. The Morgan fingerprint density at radius 1 is 1.10 bits per heavy atom. The third kappa shape index (κ3) is 4.70. The minimum Gasteiger partial charge on any atom is -0.310 e. The highest BCUT2D eigenvalue weighted by atomic mass is 35.5. The summed E-state index contributed by atoms with van der Waals surface area (Å²) in [5, 5.41) is 4.64. The summed E-state index contributed by atoms with van der Waals surface area (Å²) in [6.45, 7) is 2.99. The molecule has 0 aliphatic carbocycles. The lowest BCUT2D eigenvalue weighted by molar-refractivity contribution is 0.528. The second kappa shape index (κ2) is 7.79. The van der Waals surface area contributed by atoms with Crippen LogP contribution in [0.1, 0.15) is 30.5 Å². The second-order valence-corrected chi connectivity index (χ2v) is 5.85. The van der Waals surface area contributed by atoms with Gasteiger partial charge in [0.05, 0.1) is 0 Å². The van der Waals surface area contributed by atoms with Crippen molar-refractivity contribution in [1.29, 1.82) is 0 Å². The fraction of sp³-hybridized carbons (Fsp3) is 0.294. The maximum Gasteiger partial charge on any atom is 0.124 e. The third-order valence-electron chi connectivity index (χ3n) is 3.33. The molecule has 21 heavy (non-hydrogen) atoms. The summed E-state index contributed by atoms with van der Waals surface area (Å²) in [5.74, 6) is -0.315. The van der Waals surface area contributed by atoms with Crippen LogP contribution in [-0.2, 0) is 6.42 Å². The van der Waals surface area contributed by atoms with E-state index in [1.165, 1.54) is 12.1 Å². The van der Waals surface area contributed by atoms with Gasteiger partial charge in [0.2, 0.25) is 0 Å². The van der Waals surface area contributed by atoms with Gasteiger partial charge in [-0.25, -0.2) is 4.39 Å². The van der Waals surface area contributed by atoms with E-state index in [4.69, 9.17) is 23.2 Å². The van der Waals surface area contributed by atoms with E-state index < -0.39 is 0 Å². The molecule has 0 saturated carbocycles. The molecular formula is C17H18Cl2FN. The summed E-state index contributed by atoms with van der Waals surface area (Å²) in [4.78, 5) is 0. The normalized spacial score (nSPS) is 12.4. The monoisotopic (exact) mass is 325 g/mol. The molecule has 0 spiro atoms. The summed E-state index contributed by atoms with van der Waals surface area (Å²) < 4.78 is 13.2. The van der Waals surface area contributed by atoms with E-state index in [9.17, 15) is 4.39 Å². The molecule has 1 atom stereocenters. The molecule has 4 heteroatoms. The second-order valence-electron chi connectivity index (χ2n) is 5.00. The molecule has 0 radical (unpaired) electrons. The van der Waals surface area contributed by atoms with Crippen molar-refractivity contribution in [2.24, 2.45) is 0 Å². The van der Waals surface area contributed by atoms with Gasteiger partial charge in [0, 0.05) is 16.1 Å². The van der Waals surface area contributed by atoms with Gasteiger partial charge in [-0.2, -0.15) is 0 Å². The standard InChI is InChI=1S/C17H18Cl2FN/c1-2-9-21-17(10-12-3-5-13(18)6-4-12)15-8-7-14(20)11-16(15)19/h3-8,11,17,21H,2,9-10H2,1H3. The first-order chi connectivity index (χ1) is 10.1. The van der Waals surface area contributed by atoms with E-state index in [1.54, 1.807) is 6.07 Å². The van der Waals surface area contributed by atoms with Crippen LogP contribution >= 0.6 is 23.2 Å². The average Bonchev–Trinajstić information content (AvgIpc) is 2.46. The van der Waals surface area contributed by atoms with Crippen molar-refractivity contribution in [2.75, 3.05) is 6.54 Å². The molecule has 2 aromatic carbocycles. The number of hydrogen-bond donors (Lipinski definition) is 1. The van der Waals surface area contributed by atoms with Crippen LogP contribution in [0.5, 0.6) is 0 Å². The summed E-state index contributed by atoms with van der Waals surface area (Å²) >= 11 is 12.1. The van der Waals surface area contributed by atoms with Crippen LogP contribution in [0.15, 0.2) is 42.5 Å². The van der Waals surface area contributed by atoms with Crippen LogP contribution < -0.4 is 5.32 Å². The topological polar surface area (TPSA) is 12.0 Å². The predicted molar refractivity (Wildman–Crippen MR) is 87.6 cm³/mol. The maximum absolute atomic E-state index is 13.2. The quantitative estimate of drug-likeness (QED) is 0.748. The largest absolute Gasteiger partial charge is 0.310 e. The van der Waals surface area contributed by atoms with Gasteiger partial charge in [-0.05, 0) is 54.8 Å². The van der Waals surface area contributed by atoms with E-state index in [2.05, 4.69) is 12.2 Å². The van der Waals surface area contributed by atoms with Crippen LogP contribution in [0.25, 0.3) is 0 Å². The van der Waals surface area contributed by atoms with Crippen molar-refractivity contribution in [2.45, 2.75) is 25.8 Å². The average molecular weight is 326 g/mol. The minimum absolute atomic E-state index is 0.0548. The molecule has 112 valence electrons. The van der Waals surface area contributed by atoms with Crippen LogP contribution in [0, 0.1) is 5.82 Å². The summed E-state index contributed by atoms with van der Waals surface area (Å²) in [6.07, 6.45) is 1.80. The number of rotatable bonds is 6. The van der Waals surface area contributed by atoms with Gasteiger partial charge in [0.15, 0.2) is 0 Å². The van der Waals surface area contributed by atoms with Gasteiger partial charge in [0.1, 0.15) is 5.82 Å². The SMILES string of the molecule is CCCNC(Cc1ccc(Cl)cc1)c1ccc(F)cc1Cl. The molecule has 0 aliphatic rings. The lowest BCUT2D eigenvalue weighted by Gasteiger charge is -2.20. The highest BCUT2D eigenvalue weighted by Crippen LogP contribution is 2.27. The van der Waals surface area contributed by atoms with E-state index in [1.807, 2.05) is 24.3 Å². The molecule has 1 nitrogen and oxygen atoms in total. The van der Waals surface area contributed by atoms with E-state index >= 15 is 0 Å². The predicted octanol–water partition coefficient (Wildman–Crippen LogP) is 5.42. The number of nitrogens with one attached hydrogen (secondary N) is 1. The zero-order chi connectivity index (χ0) is 15.2. The maximum atomic E-state index is 13.2. The van der Waals surface area contributed by atoms with Gasteiger partial charge < -0.3 is 5.32 Å². The smallest absolute Gasteiger partial charge is 0.124 e. The Morgan fingerprint density at radius 3 is 2.43 bits per heavy atom. The van der Waals surface area contributed by atoms with E-state index in [0.29, 0.717) is 5.02 Å². The Bertz CT molecular complexity index is 584. The Kier molecular flexibility index (Phi) is 6.04. The Hall–Kier alpha value is -1.09. The van der Waals surface area contributed by atoms with Crippen molar-refractivity contribution >= 4 is 23.2 Å². The van der Waals surface area contributed by atoms with Crippen LogP contribution in [0.4, 0.5) is 4.39 Å². The highest BCUT2D eigenvalue weighted by molar-refractivity contribution is 6.31. The molecule has 0 amide bonds. The van der Waals surface area contributed by atoms with Gasteiger partial charge in [0.25, 0.3) is 0 Å². The third-order valence-corrected chi connectivity index (χ3v) is 3.91. The number of benzene rings is 2. The first-order valence-electron chi connectivity index (χ1n) is 7.03. The molecule has 0 aliphatic heterocycles. The van der Waals surface area contributed by atoms with Crippen molar-refractivity contribution in [3.63, 3.8) is 0 Å². The zero-order valence-electron chi connectivity index (χ0n) is 11.9. The van der Waals surface area contributed by atoms with Crippen LogP contribution in [0.2, 0.25) is 10.0 Å². The molecule has 0 bridgehead atoms. The van der Waals surface area contributed by atoms with E-state index in [-0.39, 0.29) is 11.9 Å². The lowest BCUT2D eigenvalue weighted by atomic mass is 9.98. The van der Waals surface area contributed by atoms with Crippen molar-refractivity contribution in [3.05, 3.63) is 69.5 Å². The highest BCUT2D eigenvalue weighted by Gasteiger charge is 2.15. The fourth-order valence-electron chi connectivity index (χ4n) is 2.25. The van der Waals surface area contributed by atoms with Crippen LogP contribution in [-0.4, -0.2) is 6.54 Å². The summed E-state index contributed by atoms with van der Waals surface area (Å²) in [7, 11) is 0. The molecule has 0 aromatic heterocycles. The first-order valence-corrected chi connectivity index (χ1v) is 7.78. The lowest BCUT2D eigenvalue weighted by Crippen LogP contribution is -2.24. The molecule has 2 rings (SSSR count). The van der Waals surface area contributed by atoms with Crippen molar-refractivity contribution in [3.8, 4) is 0 Å². The fourth-order valence-corrected chi connectivity index (χ4v) is 2.68. The molecular weight excluding hydrogens is 308 g/mol. The summed E-state index contributed by atoms with van der Waals surface area (Å²) in [5.41, 5.74) is 2.08.